The predicted octanol–water partition coefficient (Wildman–Crippen LogP) is 3.71. The zero-order valence-electron chi connectivity index (χ0n) is 27.4. The van der Waals surface area contributed by atoms with E-state index in [1.165, 1.54) is 0 Å². The molecular weight excluding hydrogens is 576 g/mol. The van der Waals surface area contributed by atoms with Crippen molar-refractivity contribution in [2.24, 2.45) is 11.8 Å². The number of rotatable bonds is 14. The number of hydrogen-bond acceptors (Lipinski definition) is 7. The Hall–Kier alpha value is -3.73. The monoisotopic (exact) mass is 626 g/mol. The van der Waals surface area contributed by atoms with Crippen molar-refractivity contribution in [3.05, 3.63) is 47.5 Å². The van der Waals surface area contributed by atoms with Crippen molar-refractivity contribution in [3.8, 4) is 0 Å². The van der Waals surface area contributed by atoms with Crippen LogP contribution < -0.4 is 21.3 Å². The number of alkyl carbamates (subject to hydrolysis) is 1. The Labute approximate surface area is 266 Å². The standard InChI is InChI=1S/C34H50N4O7/c1-21(2)17-27(31(41)36-26(18-24-13-10-14-28(24)39)19-25-15-16-35-30(25)40)37-32(42)29(22(3)45-34(4,5)6)38-33(43)44-20-23-11-8-7-9-12-23/h7-9,11-12,18,21-22,25-27,29H,10,13-17,19-20H2,1-6H3,(H,35,40)(H,36,41)(H,37,42)(H,38,43)/t22?,25-,26+,27-,29-/m0/s1. The van der Waals surface area contributed by atoms with E-state index in [0.717, 1.165) is 12.0 Å². The maximum Gasteiger partial charge on any atom is 0.408 e. The highest BCUT2D eigenvalue weighted by Crippen LogP contribution is 2.24. The van der Waals surface area contributed by atoms with Crippen LogP contribution in [0.5, 0.6) is 0 Å². The zero-order chi connectivity index (χ0) is 33.1. The molecule has 11 nitrogen and oxygen atoms in total. The molecule has 0 spiro atoms. The average molecular weight is 627 g/mol. The molecule has 4 amide bonds. The lowest BCUT2D eigenvalue weighted by Crippen LogP contribution is -2.59. The highest BCUT2D eigenvalue weighted by atomic mass is 16.6. The van der Waals surface area contributed by atoms with E-state index >= 15 is 0 Å². The van der Waals surface area contributed by atoms with Gasteiger partial charge in [0.25, 0.3) is 0 Å². The van der Waals surface area contributed by atoms with Crippen molar-refractivity contribution in [2.45, 2.75) is 117 Å². The molecule has 248 valence electrons. The molecule has 4 N–H and O–H groups in total. The first-order chi connectivity index (χ1) is 21.2. The molecule has 1 heterocycles. The van der Waals surface area contributed by atoms with Crippen molar-refractivity contribution in [1.29, 1.82) is 0 Å². The second-order valence-corrected chi connectivity index (χ2v) is 13.4. The molecule has 0 bridgehead atoms. The summed E-state index contributed by atoms with van der Waals surface area (Å²) in [7, 11) is 0. The Bertz CT molecular complexity index is 1220. The minimum absolute atomic E-state index is 0.0202. The van der Waals surface area contributed by atoms with E-state index in [9.17, 15) is 24.0 Å². The Kier molecular flexibility index (Phi) is 13.1. The molecule has 1 aliphatic heterocycles. The Balaban J connectivity index is 1.77. The SMILES string of the molecule is CC(C)C[C@H](NC(=O)[C@@H](NC(=O)OCc1ccccc1)C(C)OC(C)(C)C)C(=O)N[C@H](C=C1CCCC1=O)C[C@@H]1CCNC1=O. The number of ketones is 1. The summed E-state index contributed by atoms with van der Waals surface area (Å²) in [6.45, 7) is 11.7. The van der Waals surface area contributed by atoms with Gasteiger partial charge in [0.05, 0.1) is 11.7 Å². The van der Waals surface area contributed by atoms with Crippen LogP contribution in [-0.2, 0) is 35.3 Å². The number of benzene rings is 1. The van der Waals surface area contributed by atoms with Gasteiger partial charge in [-0.15, -0.1) is 0 Å². The fraction of sp³-hybridized carbons (Fsp3) is 0.618. The molecule has 1 aliphatic carbocycles. The van der Waals surface area contributed by atoms with Gasteiger partial charge in [-0.2, -0.15) is 0 Å². The summed E-state index contributed by atoms with van der Waals surface area (Å²) in [5.74, 6) is -1.29. The van der Waals surface area contributed by atoms with E-state index in [1.807, 2.05) is 65.0 Å². The molecule has 0 radical (unpaired) electrons. The highest BCUT2D eigenvalue weighted by molar-refractivity contribution is 5.97. The molecule has 5 atom stereocenters. The van der Waals surface area contributed by atoms with Gasteiger partial charge in [-0.1, -0.05) is 50.3 Å². The number of carbonyl (C=O) groups is 5. The summed E-state index contributed by atoms with van der Waals surface area (Å²) in [4.78, 5) is 65.1. The normalized spacial score (nSPS) is 20.3. The van der Waals surface area contributed by atoms with E-state index in [2.05, 4.69) is 21.3 Å². The molecule has 1 unspecified atom stereocenters. The summed E-state index contributed by atoms with van der Waals surface area (Å²) >= 11 is 0. The number of carbonyl (C=O) groups excluding carboxylic acids is 5. The van der Waals surface area contributed by atoms with Crippen molar-refractivity contribution in [1.82, 2.24) is 21.3 Å². The Morgan fingerprint density at radius 2 is 1.71 bits per heavy atom. The first-order valence-corrected chi connectivity index (χ1v) is 16.0. The van der Waals surface area contributed by atoms with Crippen LogP contribution in [0.3, 0.4) is 0 Å². The summed E-state index contributed by atoms with van der Waals surface area (Å²) < 4.78 is 11.4. The van der Waals surface area contributed by atoms with E-state index in [0.29, 0.717) is 44.2 Å². The number of Topliss-reactive ketones (excluding diaryl/α,β-unsaturated/α-hetero) is 1. The lowest BCUT2D eigenvalue weighted by molar-refractivity contribution is -0.135. The molecule has 45 heavy (non-hydrogen) atoms. The Morgan fingerprint density at radius 3 is 2.29 bits per heavy atom. The maximum absolute atomic E-state index is 13.8. The van der Waals surface area contributed by atoms with E-state index < -0.39 is 47.7 Å². The molecule has 2 aliphatic rings. The molecule has 2 fully saturated rings. The van der Waals surface area contributed by atoms with Crippen LogP contribution in [0.25, 0.3) is 0 Å². The lowest BCUT2D eigenvalue weighted by atomic mass is 9.95. The molecule has 3 rings (SSSR count). The Morgan fingerprint density at radius 1 is 1.00 bits per heavy atom. The number of allylic oxidation sites excluding steroid dienone is 1. The van der Waals surface area contributed by atoms with Gasteiger partial charge in [-0.05, 0) is 76.9 Å². The topological polar surface area (TPSA) is 152 Å². The lowest BCUT2D eigenvalue weighted by Gasteiger charge is -2.32. The molecule has 1 aromatic carbocycles. The van der Waals surface area contributed by atoms with Crippen LogP contribution in [0.1, 0.15) is 85.6 Å². The van der Waals surface area contributed by atoms with E-state index in [-0.39, 0.29) is 30.1 Å². The minimum Gasteiger partial charge on any atom is -0.445 e. The smallest absolute Gasteiger partial charge is 0.408 e. The summed E-state index contributed by atoms with van der Waals surface area (Å²) in [5, 5.41) is 11.3. The van der Waals surface area contributed by atoms with E-state index in [4.69, 9.17) is 9.47 Å². The number of nitrogens with one attached hydrogen (secondary N) is 4. The average Bonchev–Trinajstić information content (AvgIpc) is 3.56. The maximum atomic E-state index is 13.8. The summed E-state index contributed by atoms with van der Waals surface area (Å²) in [6.07, 6.45) is 3.41. The van der Waals surface area contributed by atoms with Gasteiger partial charge < -0.3 is 30.7 Å². The number of amides is 4. The van der Waals surface area contributed by atoms with Crippen LogP contribution in [0.2, 0.25) is 0 Å². The van der Waals surface area contributed by atoms with Crippen LogP contribution >= 0.6 is 0 Å². The third kappa shape index (κ3) is 11.9. The van der Waals surface area contributed by atoms with Gasteiger partial charge in [0, 0.05) is 24.9 Å². The van der Waals surface area contributed by atoms with Crippen LogP contribution in [0, 0.1) is 11.8 Å². The summed E-state index contributed by atoms with van der Waals surface area (Å²) in [6, 6.07) is 6.51. The molecule has 1 aromatic rings. The van der Waals surface area contributed by atoms with Crippen molar-refractivity contribution in [2.75, 3.05) is 6.54 Å². The predicted molar refractivity (Wildman–Crippen MR) is 170 cm³/mol. The first kappa shape index (κ1) is 35.7. The van der Waals surface area contributed by atoms with Crippen molar-refractivity contribution >= 4 is 29.6 Å². The van der Waals surface area contributed by atoms with Gasteiger partial charge in [0.1, 0.15) is 18.7 Å². The molecule has 1 saturated heterocycles. The summed E-state index contributed by atoms with van der Waals surface area (Å²) in [5.41, 5.74) is 0.836. The minimum atomic E-state index is -1.16. The molecule has 1 saturated carbocycles. The first-order valence-electron chi connectivity index (χ1n) is 16.0. The highest BCUT2D eigenvalue weighted by Gasteiger charge is 2.35. The van der Waals surface area contributed by atoms with Gasteiger partial charge in [-0.3, -0.25) is 19.2 Å². The third-order valence-corrected chi connectivity index (χ3v) is 7.76. The zero-order valence-corrected chi connectivity index (χ0v) is 27.4. The van der Waals surface area contributed by atoms with Crippen LogP contribution in [0.15, 0.2) is 42.0 Å². The quantitative estimate of drug-likeness (QED) is 0.230. The van der Waals surface area contributed by atoms with Gasteiger partial charge in [0.2, 0.25) is 17.7 Å². The van der Waals surface area contributed by atoms with Gasteiger partial charge in [0.15, 0.2) is 5.78 Å². The number of ether oxygens (including phenoxy) is 2. The second kappa shape index (κ2) is 16.5. The number of hydrogen-bond donors (Lipinski definition) is 4. The third-order valence-electron chi connectivity index (χ3n) is 7.76. The van der Waals surface area contributed by atoms with Gasteiger partial charge >= 0.3 is 6.09 Å². The van der Waals surface area contributed by atoms with Gasteiger partial charge in [-0.25, -0.2) is 4.79 Å². The molecular formula is C34H50N4O7. The van der Waals surface area contributed by atoms with E-state index in [1.54, 1.807) is 13.0 Å². The molecule has 0 aromatic heterocycles. The largest absolute Gasteiger partial charge is 0.445 e. The second-order valence-electron chi connectivity index (χ2n) is 13.4. The van der Waals surface area contributed by atoms with Crippen molar-refractivity contribution < 1.29 is 33.4 Å². The fourth-order valence-corrected chi connectivity index (χ4v) is 5.66. The fourth-order valence-electron chi connectivity index (χ4n) is 5.66. The van der Waals surface area contributed by atoms with Crippen LogP contribution in [0.4, 0.5) is 4.79 Å². The van der Waals surface area contributed by atoms with Crippen LogP contribution in [-0.4, -0.2) is 66.0 Å². The molecule has 11 heteroatoms. The van der Waals surface area contributed by atoms with Crippen molar-refractivity contribution in [3.63, 3.8) is 0 Å².